The Morgan fingerprint density at radius 3 is 2.00 bits per heavy atom. The molecule has 0 radical (unpaired) electrons. The van der Waals surface area contributed by atoms with Gasteiger partial charge in [0.05, 0.1) is 6.10 Å². The molecule has 1 aliphatic heterocycles. The van der Waals surface area contributed by atoms with Crippen LogP contribution in [-0.2, 0) is 14.0 Å². The summed E-state index contributed by atoms with van der Waals surface area (Å²) in [5, 5.41) is 2.72. The van der Waals surface area contributed by atoms with Gasteiger partial charge in [0.15, 0.2) is 5.78 Å². The summed E-state index contributed by atoms with van der Waals surface area (Å²) in [6.07, 6.45) is 16.5. The highest BCUT2D eigenvalue weighted by molar-refractivity contribution is 6.99. The fourth-order valence-electron chi connectivity index (χ4n) is 5.53. The molecule has 0 N–H and O–H groups in total. The standard InChI is InChI=1S/C34H50O3Si/c1-5-6-13-25-32-33(37-32)27-26-29(35)20-14-9-7-8-10-19-28-36-38(34(2,3)4,30-21-15-11-16-22-30)31-23-17-12-18-24-31/h11-12,15-18,21-24,26-27,32-33H,5-10,13-14,19-20,25,28H2,1-4H3/b27-26+/t32-,33-/m1/s1. The Morgan fingerprint density at radius 2 is 1.42 bits per heavy atom. The molecular weight excluding hydrogens is 484 g/mol. The van der Waals surface area contributed by atoms with Crippen LogP contribution >= 0.6 is 0 Å². The lowest BCUT2D eigenvalue weighted by Crippen LogP contribution is -2.66. The fourth-order valence-corrected chi connectivity index (χ4v) is 10.1. The van der Waals surface area contributed by atoms with Crippen LogP contribution in [0.4, 0.5) is 0 Å². The number of ether oxygens (including phenoxy) is 1. The van der Waals surface area contributed by atoms with Crippen molar-refractivity contribution in [2.45, 2.75) is 116 Å². The highest BCUT2D eigenvalue weighted by Gasteiger charge is 2.49. The third kappa shape index (κ3) is 9.03. The van der Waals surface area contributed by atoms with Crippen LogP contribution in [0, 0.1) is 0 Å². The van der Waals surface area contributed by atoms with Gasteiger partial charge < -0.3 is 9.16 Å². The van der Waals surface area contributed by atoms with E-state index in [1.54, 1.807) is 6.08 Å². The smallest absolute Gasteiger partial charge is 0.261 e. The molecule has 1 fully saturated rings. The zero-order chi connectivity index (χ0) is 27.3. The molecule has 2 aromatic rings. The van der Waals surface area contributed by atoms with Gasteiger partial charge in [-0.05, 0) is 46.8 Å². The third-order valence-corrected chi connectivity index (χ3v) is 12.8. The van der Waals surface area contributed by atoms with Crippen molar-refractivity contribution < 1.29 is 14.0 Å². The first-order valence-electron chi connectivity index (χ1n) is 15.0. The molecule has 4 heteroatoms. The van der Waals surface area contributed by atoms with Crippen molar-refractivity contribution in [1.29, 1.82) is 0 Å². The number of ketones is 1. The average Bonchev–Trinajstić information content (AvgIpc) is 3.67. The number of hydrogen-bond donors (Lipinski definition) is 0. The molecule has 1 saturated heterocycles. The zero-order valence-electron chi connectivity index (χ0n) is 24.3. The third-order valence-electron chi connectivity index (χ3n) is 7.74. The van der Waals surface area contributed by atoms with Crippen molar-refractivity contribution in [2.75, 3.05) is 6.61 Å². The largest absolute Gasteiger partial charge is 0.407 e. The first kappa shape index (κ1) is 30.5. The predicted molar refractivity (Wildman–Crippen MR) is 163 cm³/mol. The second-order valence-electron chi connectivity index (χ2n) is 11.8. The summed E-state index contributed by atoms with van der Waals surface area (Å²) in [6.45, 7) is 10.0. The van der Waals surface area contributed by atoms with Crippen LogP contribution < -0.4 is 10.4 Å². The van der Waals surface area contributed by atoms with Crippen LogP contribution in [0.1, 0.15) is 98.3 Å². The Balaban J connectivity index is 1.35. The molecule has 0 aliphatic carbocycles. The molecule has 0 aromatic heterocycles. The van der Waals surface area contributed by atoms with Gasteiger partial charge in [0.2, 0.25) is 0 Å². The van der Waals surface area contributed by atoms with Crippen LogP contribution in [0.2, 0.25) is 5.04 Å². The van der Waals surface area contributed by atoms with Gasteiger partial charge in [-0.1, -0.05) is 133 Å². The van der Waals surface area contributed by atoms with E-state index >= 15 is 0 Å². The molecule has 1 aliphatic rings. The summed E-state index contributed by atoms with van der Waals surface area (Å²) in [6, 6.07) is 21.8. The Bertz CT molecular complexity index is 925. The zero-order valence-corrected chi connectivity index (χ0v) is 25.3. The summed E-state index contributed by atoms with van der Waals surface area (Å²) in [4.78, 5) is 12.2. The highest BCUT2D eigenvalue weighted by atomic mass is 28.4. The topological polar surface area (TPSA) is 38.8 Å². The van der Waals surface area contributed by atoms with Crippen molar-refractivity contribution in [2.24, 2.45) is 0 Å². The molecule has 0 bridgehead atoms. The summed E-state index contributed by atoms with van der Waals surface area (Å²) in [5.41, 5.74) is 0. The number of carbonyl (C=O) groups is 1. The van der Waals surface area contributed by atoms with E-state index in [4.69, 9.17) is 9.16 Å². The molecule has 38 heavy (non-hydrogen) atoms. The van der Waals surface area contributed by atoms with Crippen molar-refractivity contribution >= 4 is 24.5 Å². The second-order valence-corrected chi connectivity index (χ2v) is 16.1. The van der Waals surface area contributed by atoms with E-state index in [1.165, 1.54) is 48.9 Å². The van der Waals surface area contributed by atoms with Crippen LogP contribution in [0.25, 0.3) is 0 Å². The SMILES string of the molecule is CCCCC[C@H]1O[C@@H]1/C=C/C(=O)CCCCCCCCO[Si](c1ccccc1)(c1ccccc1)C(C)(C)C. The Hall–Kier alpha value is -2.01. The Kier molecular flexibility index (Phi) is 12.5. The maximum Gasteiger partial charge on any atom is 0.261 e. The first-order valence-corrected chi connectivity index (χ1v) is 16.9. The van der Waals surface area contributed by atoms with Crippen LogP contribution in [0.3, 0.4) is 0 Å². The predicted octanol–water partition coefficient (Wildman–Crippen LogP) is 7.77. The lowest BCUT2D eigenvalue weighted by Gasteiger charge is -2.43. The minimum absolute atomic E-state index is 0.0261. The van der Waals surface area contributed by atoms with Gasteiger partial charge in [-0.15, -0.1) is 0 Å². The molecule has 1 heterocycles. The quantitative estimate of drug-likeness (QED) is 0.0849. The van der Waals surface area contributed by atoms with Crippen LogP contribution in [0.5, 0.6) is 0 Å². The van der Waals surface area contributed by atoms with Gasteiger partial charge >= 0.3 is 0 Å². The molecule has 3 nitrogen and oxygen atoms in total. The molecule has 208 valence electrons. The van der Waals surface area contributed by atoms with E-state index in [1.807, 2.05) is 6.08 Å². The number of carbonyl (C=O) groups excluding carboxylic acids is 1. The molecule has 0 saturated carbocycles. The average molecular weight is 535 g/mol. The fraction of sp³-hybridized carbons (Fsp3) is 0.559. The van der Waals surface area contributed by atoms with Gasteiger partial charge in [-0.2, -0.15) is 0 Å². The molecule has 0 spiro atoms. The van der Waals surface area contributed by atoms with Gasteiger partial charge in [-0.25, -0.2) is 0 Å². The summed E-state index contributed by atoms with van der Waals surface area (Å²) in [7, 11) is -2.42. The molecular formula is C34H50O3Si. The van der Waals surface area contributed by atoms with E-state index in [-0.39, 0.29) is 16.9 Å². The summed E-state index contributed by atoms with van der Waals surface area (Å²) in [5.74, 6) is 0.242. The number of rotatable bonds is 18. The number of benzene rings is 2. The maximum absolute atomic E-state index is 12.2. The summed E-state index contributed by atoms with van der Waals surface area (Å²) < 4.78 is 12.6. The minimum atomic E-state index is -2.42. The van der Waals surface area contributed by atoms with Gasteiger partial charge in [0.25, 0.3) is 8.32 Å². The number of allylic oxidation sites excluding steroid dienone is 1. The molecule has 2 atom stereocenters. The van der Waals surface area contributed by atoms with Crippen molar-refractivity contribution in [1.82, 2.24) is 0 Å². The first-order chi connectivity index (χ1) is 18.4. The number of unbranched alkanes of at least 4 members (excludes halogenated alkanes) is 7. The monoisotopic (exact) mass is 534 g/mol. The lowest BCUT2D eigenvalue weighted by molar-refractivity contribution is -0.114. The Morgan fingerprint density at radius 1 is 0.842 bits per heavy atom. The van der Waals surface area contributed by atoms with Gasteiger partial charge in [-0.3, -0.25) is 4.79 Å². The van der Waals surface area contributed by atoms with Crippen molar-refractivity contribution in [3.63, 3.8) is 0 Å². The van der Waals surface area contributed by atoms with E-state index in [0.29, 0.717) is 12.5 Å². The summed E-state index contributed by atoms with van der Waals surface area (Å²) >= 11 is 0. The normalized spacial score (nSPS) is 17.7. The number of epoxide rings is 1. The van der Waals surface area contributed by atoms with Crippen molar-refractivity contribution in [3.8, 4) is 0 Å². The van der Waals surface area contributed by atoms with E-state index < -0.39 is 8.32 Å². The van der Waals surface area contributed by atoms with Gasteiger partial charge in [0, 0.05) is 13.0 Å². The van der Waals surface area contributed by atoms with Gasteiger partial charge in [0.1, 0.15) is 6.10 Å². The Labute approximate surface area is 233 Å². The molecule has 3 rings (SSSR count). The highest BCUT2D eigenvalue weighted by Crippen LogP contribution is 2.37. The second kappa shape index (κ2) is 15.5. The molecule has 2 aromatic carbocycles. The van der Waals surface area contributed by atoms with Crippen molar-refractivity contribution in [3.05, 3.63) is 72.8 Å². The van der Waals surface area contributed by atoms with E-state index in [9.17, 15) is 4.79 Å². The van der Waals surface area contributed by atoms with E-state index in [0.717, 1.165) is 32.3 Å². The van der Waals surface area contributed by atoms with E-state index in [2.05, 4.69) is 88.4 Å². The maximum atomic E-state index is 12.2. The minimum Gasteiger partial charge on any atom is -0.407 e. The van der Waals surface area contributed by atoms with Crippen LogP contribution in [0.15, 0.2) is 72.8 Å². The number of hydrogen-bond acceptors (Lipinski definition) is 3. The van der Waals surface area contributed by atoms with Crippen LogP contribution in [-0.4, -0.2) is 32.9 Å². The lowest BCUT2D eigenvalue weighted by atomic mass is 10.1. The molecule has 0 amide bonds. The molecule has 0 unspecified atom stereocenters.